The molecule has 0 aliphatic carbocycles. The number of fused-ring (bicyclic) bond motifs is 11. The van der Waals surface area contributed by atoms with Crippen molar-refractivity contribution in [3.8, 4) is 11.4 Å². The van der Waals surface area contributed by atoms with Gasteiger partial charge in [-0.25, -0.2) is 0 Å². The van der Waals surface area contributed by atoms with Crippen LogP contribution in [0.2, 0.25) is 0 Å². The quantitative estimate of drug-likeness (QED) is 0.198. The Morgan fingerprint density at radius 2 is 1.02 bits per heavy atom. The molecule has 3 aromatic heterocycles. The lowest BCUT2D eigenvalue weighted by atomic mass is 10.1. The van der Waals surface area contributed by atoms with E-state index in [2.05, 4.69) is 155 Å². The van der Waals surface area contributed by atoms with Crippen LogP contribution in [0.3, 0.4) is 0 Å². The van der Waals surface area contributed by atoms with Crippen molar-refractivity contribution in [2.24, 2.45) is 0 Å². The smallest absolute Gasteiger partial charge is 0.0556 e. The van der Waals surface area contributed by atoms with Gasteiger partial charge in [0.1, 0.15) is 0 Å². The van der Waals surface area contributed by atoms with Crippen LogP contribution in [0.5, 0.6) is 0 Å². The van der Waals surface area contributed by atoms with Gasteiger partial charge in [0.15, 0.2) is 0 Å². The van der Waals surface area contributed by atoms with Gasteiger partial charge in [-0.1, -0.05) is 97.1 Å². The van der Waals surface area contributed by atoms with E-state index in [0.717, 1.165) is 0 Å². The molecular formula is C40H24N2S. The summed E-state index contributed by atoms with van der Waals surface area (Å²) >= 11 is 1.91. The molecule has 43 heavy (non-hydrogen) atoms. The monoisotopic (exact) mass is 564 g/mol. The average Bonchev–Trinajstić information content (AvgIpc) is 3.72. The normalized spacial score (nSPS) is 12.2. The van der Waals surface area contributed by atoms with Crippen molar-refractivity contribution in [3.63, 3.8) is 0 Å². The van der Waals surface area contributed by atoms with Crippen molar-refractivity contribution in [1.82, 2.24) is 9.13 Å². The largest absolute Gasteiger partial charge is 0.309 e. The predicted molar refractivity (Wildman–Crippen MR) is 186 cm³/mol. The van der Waals surface area contributed by atoms with Crippen LogP contribution in [0.15, 0.2) is 146 Å². The van der Waals surface area contributed by atoms with E-state index in [1.807, 2.05) is 11.3 Å². The minimum absolute atomic E-state index is 1.18. The van der Waals surface area contributed by atoms with Gasteiger partial charge in [-0.05, 0) is 53.9 Å². The Labute approximate surface area is 251 Å². The summed E-state index contributed by atoms with van der Waals surface area (Å²) in [6.07, 6.45) is 0. The lowest BCUT2D eigenvalue weighted by molar-refractivity contribution is 1.17. The fourth-order valence-corrected chi connectivity index (χ4v) is 8.54. The van der Waals surface area contributed by atoms with Gasteiger partial charge in [0, 0.05) is 52.8 Å². The number of benzene rings is 7. The van der Waals surface area contributed by atoms with Gasteiger partial charge in [0.05, 0.1) is 27.8 Å². The molecular weight excluding hydrogens is 541 g/mol. The number of hydrogen-bond donors (Lipinski definition) is 0. The molecule has 0 saturated carbocycles. The lowest BCUT2D eigenvalue weighted by Crippen LogP contribution is -1.96. The summed E-state index contributed by atoms with van der Waals surface area (Å²) in [4.78, 5) is 0. The number of hydrogen-bond acceptors (Lipinski definition) is 1. The van der Waals surface area contributed by atoms with Crippen LogP contribution >= 0.6 is 11.3 Å². The number of aromatic nitrogens is 2. The Morgan fingerprint density at radius 3 is 1.84 bits per heavy atom. The Bertz CT molecular complexity index is 2680. The molecule has 200 valence electrons. The molecule has 0 saturated heterocycles. The number of thiophene rings is 1. The molecule has 0 aliphatic rings. The first-order valence-corrected chi connectivity index (χ1v) is 15.5. The van der Waals surface area contributed by atoms with Crippen LogP contribution in [-0.4, -0.2) is 9.13 Å². The molecule has 0 N–H and O–H groups in total. The van der Waals surface area contributed by atoms with Crippen molar-refractivity contribution in [3.05, 3.63) is 146 Å². The van der Waals surface area contributed by atoms with Crippen molar-refractivity contribution in [2.45, 2.75) is 0 Å². The average molecular weight is 565 g/mol. The highest BCUT2D eigenvalue weighted by Crippen LogP contribution is 2.45. The summed E-state index contributed by atoms with van der Waals surface area (Å²) in [5.41, 5.74) is 7.31. The highest BCUT2D eigenvalue weighted by Gasteiger charge is 2.20. The summed E-state index contributed by atoms with van der Waals surface area (Å²) in [6, 6.07) is 53.4. The van der Waals surface area contributed by atoms with Gasteiger partial charge in [0.2, 0.25) is 0 Å². The lowest BCUT2D eigenvalue weighted by Gasteiger charge is -2.12. The molecule has 0 amide bonds. The highest BCUT2D eigenvalue weighted by molar-refractivity contribution is 7.26. The van der Waals surface area contributed by atoms with Crippen molar-refractivity contribution in [1.29, 1.82) is 0 Å². The zero-order chi connectivity index (χ0) is 28.1. The molecule has 0 aliphatic heterocycles. The van der Waals surface area contributed by atoms with Crippen molar-refractivity contribution < 1.29 is 0 Å². The zero-order valence-corrected chi connectivity index (χ0v) is 24.0. The maximum absolute atomic E-state index is 2.48. The summed E-state index contributed by atoms with van der Waals surface area (Å²) in [5, 5.41) is 10.3. The van der Waals surface area contributed by atoms with E-state index in [4.69, 9.17) is 0 Å². The molecule has 10 aromatic rings. The van der Waals surface area contributed by atoms with Crippen LogP contribution < -0.4 is 0 Å². The molecule has 0 spiro atoms. The fourth-order valence-electron chi connectivity index (χ4n) is 7.28. The molecule has 0 bridgehead atoms. The van der Waals surface area contributed by atoms with Crippen molar-refractivity contribution in [2.75, 3.05) is 0 Å². The maximum Gasteiger partial charge on any atom is 0.0556 e. The highest BCUT2D eigenvalue weighted by atomic mass is 32.1. The SMILES string of the molecule is c1ccc2c(-n3c4ccc(-n5c6ccccc6c6ccccc65)cc4c4c5sc6ccccc6c5ccc43)cccc2c1. The van der Waals surface area contributed by atoms with Crippen molar-refractivity contribution >= 4 is 85.9 Å². The van der Waals surface area contributed by atoms with Crippen LogP contribution in [0.25, 0.3) is 85.9 Å². The third kappa shape index (κ3) is 3.12. The maximum atomic E-state index is 2.48. The Balaban J connectivity index is 1.39. The van der Waals surface area contributed by atoms with E-state index >= 15 is 0 Å². The first kappa shape index (κ1) is 23.2. The van der Waals surface area contributed by atoms with Gasteiger partial charge >= 0.3 is 0 Å². The third-order valence-electron chi connectivity index (χ3n) is 9.10. The summed E-state index contributed by atoms with van der Waals surface area (Å²) < 4.78 is 7.58. The second-order valence-corrected chi connectivity index (χ2v) is 12.4. The Kier molecular flexibility index (Phi) is 4.63. The van der Waals surface area contributed by atoms with E-state index in [9.17, 15) is 0 Å². The summed E-state index contributed by atoms with van der Waals surface area (Å²) in [7, 11) is 0. The Hall–Kier alpha value is -5.38. The second kappa shape index (κ2) is 8.57. The van der Waals surface area contributed by atoms with E-state index in [1.165, 1.54) is 85.9 Å². The van der Waals surface area contributed by atoms with Gasteiger partial charge in [-0.2, -0.15) is 0 Å². The standard InChI is InChI=1S/C40H24N2S/c1-2-12-27-25(10-1)11-9-18-33(27)42-36-22-20-26(41-34-16-6-3-13-28(34)29-14-4-7-17-35(29)41)24-32(36)39-37(42)23-21-31-30-15-5-8-19-38(30)43-40(31)39/h1-24H. The van der Waals surface area contributed by atoms with Gasteiger partial charge < -0.3 is 9.13 Å². The molecule has 2 nitrogen and oxygen atoms in total. The molecule has 10 rings (SSSR count). The number of rotatable bonds is 2. The zero-order valence-electron chi connectivity index (χ0n) is 23.2. The fraction of sp³-hybridized carbons (Fsp3) is 0. The Morgan fingerprint density at radius 1 is 0.395 bits per heavy atom. The van der Waals surface area contributed by atoms with E-state index in [0.29, 0.717) is 0 Å². The van der Waals surface area contributed by atoms with E-state index in [1.54, 1.807) is 0 Å². The van der Waals surface area contributed by atoms with Gasteiger partial charge in [-0.3, -0.25) is 0 Å². The van der Waals surface area contributed by atoms with E-state index < -0.39 is 0 Å². The topological polar surface area (TPSA) is 9.86 Å². The molecule has 0 unspecified atom stereocenters. The third-order valence-corrected chi connectivity index (χ3v) is 10.3. The van der Waals surface area contributed by atoms with Crippen LogP contribution in [0.1, 0.15) is 0 Å². The molecule has 0 atom stereocenters. The van der Waals surface area contributed by atoms with Gasteiger partial charge in [-0.15, -0.1) is 11.3 Å². The summed E-state index contributed by atoms with van der Waals surface area (Å²) in [6.45, 7) is 0. The van der Waals surface area contributed by atoms with Crippen LogP contribution in [0, 0.1) is 0 Å². The van der Waals surface area contributed by atoms with E-state index in [-0.39, 0.29) is 0 Å². The van der Waals surface area contributed by atoms with Gasteiger partial charge in [0.25, 0.3) is 0 Å². The van der Waals surface area contributed by atoms with Crippen LogP contribution in [-0.2, 0) is 0 Å². The minimum atomic E-state index is 1.18. The minimum Gasteiger partial charge on any atom is -0.309 e. The number of nitrogens with zero attached hydrogens (tertiary/aromatic N) is 2. The molecule has 0 radical (unpaired) electrons. The number of para-hydroxylation sites is 2. The molecule has 7 aromatic carbocycles. The summed E-state index contributed by atoms with van der Waals surface area (Å²) in [5.74, 6) is 0. The van der Waals surface area contributed by atoms with Crippen LogP contribution in [0.4, 0.5) is 0 Å². The second-order valence-electron chi connectivity index (χ2n) is 11.3. The molecule has 3 heteroatoms. The first-order valence-electron chi connectivity index (χ1n) is 14.7. The predicted octanol–water partition coefficient (Wildman–Crippen LogP) is 11.4. The molecule has 0 fully saturated rings. The molecule has 3 heterocycles. The first-order chi connectivity index (χ1) is 21.3.